The Morgan fingerprint density at radius 3 is 1.62 bits per heavy atom. The number of rotatable bonds is 13. The van der Waals surface area contributed by atoms with Gasteiger partial charge in [0.05, 0.1) is 41.9 Å². The molecule has 2 aliphatic heterocycles. The molecular formula is C40H52N8O4. The molecule has 4 N–H and O–H groups in total. The second-order valence-corrected chi connectivity index (χ2v) is 14.2. The number of hydrogen-bond donors (Lipinski definition) is 4. The zero-order valence-corrected chi connectivity index (χ0v) is 30.9. The zero-order chi connectivity index (χ0) is 36.9. The molecule has 276 valence electrons. The third kappa shape index (κ3) is 7.62. The molecule has 0 bridgehead atoms. The fraction of sp³-hybridized carbons (Fsp3) is 0.475. The van der Waals surface area contributed by atoms with Crippen LogP contribution in [-0.2, 0) is 9.59 Å². The van der Waals surface area contributed by atoms with E-state index in [1.807, 2.05) is 24.9 Å². The van der Waals surface area contributed by atoms with Crippen molar-refractivity contribution in [2.75, 3.05) is 26.2 Å². The number of aromatic nitrogens is 4. The Labute approximate surface area is 306 Å². The van der Waals surface area contributed by atoms with Crippen LogP contribution in [0.1, 0.15) is 90.5 Å². The van der Waals surface area contributed by atoms with Gasteiger partial charge in [-0.2, -0.15) is 0 Å². The molecule has 12 nitrogen and oxygen atoms in total. The lowest BCUT2D eigenvalue weighted by Gasteiger charge is -2.33. The third-order valence-electron chi connectivity index (χ3n) is 10.8. The summed E-state index contributed by atoms with van der Waals surface area (Å²) in [4.78, 5) is 60.7. The van der Waals surface area contributed by atoms with E-state index in [1.165, 1.54) is 0 Å². The van der Waals surface area contributed by atoms with Crippen LogP contribution < -0.4 is 5.32 Å². The summed E-state index contributed by atoms with van der Waals surface area (Å²) in [6, 6.07) is 15.5. The molecule has 0 spiro atoms. The summed E-state index contributed by atoms with van der Waals surface area (Å²) in [5.41, 5.74) is 5.97. The maximum absolute atomic E-state index is 13.6. The number of carbonyl (C=O) groups excluding carboxylic acids is 2. The van der Waals surface area contributed by atoms with Gasteiger partial charge in [0, 0.05) is 13.1 Å². The molecule has 2 aromatic heterocycles. The number of aromatic amines is 2. The van der Waals surface area contributed by atoms with E-state index in [4.69, 9.17) is 4.98 Å². The molecule has 0 radical (unpaired) electrons. The Morgan fingerprint density at radius 1 is 0.769 bits per heavy atom. The summed E-state index contributed by atoms with van der Waals surface area (Å²) >= 11 is 0. The molecule has 0 aliphatic carbocycles. The first-order valence-corrected chi connectivity index (χ1v) is 18.8. The number of amides is 3. The molecule has 4 atom stereocenters. The van der Waals surface area contributed by atoms with Crippen LogP contribution in [0.25, 0.3) is 33.6 Å². The number of nitrogens with zero attached hydrogens (tertiary/aromatic N) is 5. The maximum atomic E-state index is 13.6. The molecule has 0 unspecified atom stereocenters. The first kappa shape index (κ1) is 36.8. The molecule has 6 rings (SSSR count). The fourth-order valence-corrected chi connectivity index (χ4v) is 7.89. The van der Waals surface area contributed by atoms with Gasteiger partial charge in [-0.15, -0.1) is 0 Å². The molecule has 12 heteroatoms. The molecule has 4 aromatic rings. The highest BCUT2D eigenvalue weighted by atomic mass is 16.4. The quantitative estimate of drug-likeness (QED) is 0.118. The predicted octanol–water partition coefficient (Wildman–Crippen LogP) is 6.87. The highest BCUT2D eigenvalue weighted by molar-refractivity contribution is 5.86. The van der Waals surface area contributed by atoms with E-state index in [1.54, 1.807) is 11.1 Å². The lowest BCUT2D eigenvalue weighted by molar-refractivity contribution is -0.138. The van der Waals surface area contributed by atoms with Crippen molar-refractivity contribution in [1.29, 1.82) is 0 Å². The van der Waals surface area contributed by atoms with Crippen molar-refractivity contribution in [2.24, 2.45) is 5.92 Å². The minimum Gasteiger partial charge on any atom is -0.465 e. The lowest BCUT2D eigenvalue weighted by Crippen LogP contribution is -2.50. The lowest BCUT2D eigenvalue weighted by atomic mass is 10.0. The number of imidazole rings is 2. The van der Waals surface area contributed by atoms with Gasteiger partial charge in [-0.3, -0.25) is 14.5 Å². The summed E-state index contributed by atoms with van der Waals surface area (Å²) < 4.78 is 0. The summed E-state index contributed by atoms with van der Waals surface area (Å²) in [7, 11) is 0. The minimum absolute atomic E-state index is 0.0347. The second kappa shape index (κ2) is 16.1. The Morgan fingerprint density at radius 2 is 1.21 bits per heavy atom. The van der Waals surface area contributed by atoms with Crippen molar-refractivity contribution in [1.82, 2.24) is 40.0 Å². The molecule has 2 aliphatic rings. The van der Waals surface area contributed by atoms with Crippen molar-refractivity contribution < 1.29 is 19.5 Å². The first-order valence-electron chi connectivity index (χ1n) is 18.8. The number of benzene rings is 2. The molecule has 52 heavy (non-hydrogen) atoms. The van der Waals surface area contributed by atoms with E-state index in [-0.39, 0.29) is 35.9 Å². The van der Waals surface area contributed by atoms with Crippen molar-refractivity contribution in [3.8, 4) is 33.6 Å². The summed E-state index contributed by atoms with van der Waals surface area (Å²) in [6.45, 7) is 13.0. The third-order valence-corrected chi connectivity index (χ3v) is 10.8. The van der Waals surface area contributed by atoms with E-state index in [2.05, 4.69) is 94.5 Å². The van der Waals surface area contributed by atoms with Crippen LogP contribution in [0.5, 0.6) is 0 Å². The highest BCUT2D eigenvalue weighted by Crippen LogP contribution is 2.35. The van der Waals surface area contributed by atoms with Crippen molar-refractivity contribution in [3.63, 3.8) is 0 Å². The van der Waals surface area contributed by atoms with Crippen LogP contribution in [0.2, 0.25) is 0 Å². The monoisotopic (exact) mass is 708 g/mol. The maximum Gasteiger partial charge on any atom is 0.405 e. The topological polar surface area (TPSA) is 151 Å². The molecule has 2 saturated heterocycles. The Kier molecular flexibility index (Phi) is 11.4. The Hall–Kier alpha value is -4.97. The Balaban J connectivity index is 1.11. The molecule has 0 saturated carbocycles. The summed E-state index contributed by atoms with van der Waals surface area (Å²) in [6.07, 6.45) is 6.74. The first-order chi connectivity index (χ1) is 25.1. The van der Waals surface area contributed by atoms with Crippen molar-refractivity contribution in [3.05, 3.63) is 72.6 Å². The minimum atomic E-state index is -1.20. The van der Waals surface area contributed by atoms with Gasteiger partial charge in [0.1, 0.15) is 17.7 Å². The van der Waals surface area contributed by atoms with Crippen LogP contribution in [0.3, 0.4) is 0 Å². The van der Waals surface area contributed by atoms with Crippen LogP contribution in [0, 0.1) is 5.92 Å². The van der Waals surface area contributed by atoms with Crippen LogP contribution >= 0.6 is 0 Å². The molecule has 3 amide bonds. The van der Waals surface area contributed by atoms with Gasteiger partial charge in [0.15, 0.2) is 0 Å². The summed E-state index contributed by atoms with van der Waals surface area (Å²) in [5, 5.41) is 11.7. The normalized spacial score (nSPS) is 18.7. The molecule has 2 aromatic carbocycles. The highest BCUT2D eigenvalue weighted by Gasteiger charge is 2.38. The zero-order valence-electron chi connectivity index (χ0n) is 30.9. The Bertz CT molecular complexity index is 1830. The fourth-order valence-electron chi connectivity index (χ4n) is 7.89. The van der Waals surface area contributed by atoms with Gasteiger partial charge in [-0.1, -0.05) is 83.1 Å². The number of hydrogen-bond acceptors (Lipinski definition) is 6. The number of carbonyl (C=O) groups is 3. The second-order valence-electron chi connectivity index (χ2n) is 14.2. The van der Waals surface area contributed by atoms with E-state index in [0.717, 1.165) is 91.2 Å². The number of nitrogens with one attached hydrogen (secondary N) is 3. The van der Waals surface area contributed by atoms with Gasteiger partial charge in [-0.05, 0) is 73.4 Å². The molecule has 2 fully saturated rings. The standard InChI is InChI=1S/C40H52N8O4/c1-6-32(46(7-2)8-3)38(49)47-21-9-11-33(47)36-41-23-30(43-36)28-17-13-26(14-18-28)27-15-19-29(20-16-27)31-24-42-37(44-31)34-12-10-22-48(34)39(50)35(25(4)5)45-40(51)52/h13-20,23-25,32-35,45H,6-12,21-22H2,1-5H3,(H,41,43)(H,42,44)(H,51,52)/t32-,33-,34-,35-/m0/s1. The average Bonchev–Trinajstić information content (AvgIpc) is 3.99. The number of H-pyrrole nitrogens is 2. The van der Waals surface area contributed by atoms with E-state index < -0.39 is 12.1 Å². The molecular weight excluding hydrogens is 656 g/mol. The van der Waals surface area contributed by atoms with Crippen molar-refractivity contribution in [2.45, 2.75) is 90.9 Å². The van der Waals surface area contributed by atoms with Crippen LogP contribution in [-0.4, -0.2) is 95.9 Å². The number of likely N-dealkylation sites (tertiary alicyclic amines) is 2. The van der Waals surface area contributed by atoms with E-state index in [0.29, 0.717) is 12.4 Å². The molecule has 4 heterocycles. The van der Waals surface area contributed by atoms with E-state index >= 15 is 0 Å². The predicted molar refractivity (Wildman–Crippen MR) is 201 cm³/mol. The van der Waals surface area contributed by atoms with Gasteiger partial charge >= 0.3 is 6.09 Å². The van der Waals surface area contributed by atoms with Gasteiger partial charge in [-0.25, -0.2) is 14.8 Å². The number of carboxylic acid groups (broad SMARTS) is 1. The van der Waals surface area contributed by atoms with Gasteiger partial charge < -0.3 is 30.2 Å². The largest absolute Gasteiger partial charge is 0.465 e. The summed E-state index contributed by atoms with van der Waals surface area (Å²) in [5.74, 6) is 1.36. The number of likely N-dealkylation sites (N-methyl/N-ethyl adjacent to an activating group) is 1. The van der Waals surface area contributed by atoms with Crippen LogP contribution in [0.15, 0.2) is 60.9 Å². The van der Waals surface area contributed by atoms with E-state index in [9.17, 15) is 19.5 Å². The van der Waals surface area contributed by atoms with Crippen LogP contribution in [0.4, 0.5) is 4.79 Å². The van der Waals surface area contributed by atoms with Gasteiger partial charge in [0.2, 0.25) is 11.8 Å². The van der Waals surface area contributed by atoms with Crippen molar-refractivity contribution >= 4 is 17.9 Å². The smallest absolute Gasteiger partial charge is 0.405 e. The average molecular weight is 709 g/mol. The van der Waals surface area contributed by atoms with Gasteiger partial charge in [0.25, 0.3) is 0 Å². The SMILES string of the molecule is CC[C@@H](C(=O)N1CCC[C@H]1c1ncc(-c2ccc(-c3ccc(-c4cnc([C@@H]5CCCN5C(=O)[C@@H](NC(=O)O)C(C)C)[nH]4)cc3)cc2)[nH]1)N(CC)CC.